The van der Waals surface area contributed by atoms with Gasteiger partial charge in [-0.15, -0.1) is 0 Å². The van der Waals surface area contributed by atoms with E-state index in [1.807, 2.05) is 25.1 Å². The van der Waals surface area contributed by atoms with Crippen LogP contribution in [0, 0.1) is 6.92 Å². The molecule has 0 saturated carbocycles. The minimum atomic E-state index is -0.123. The van der Waals surface area contributed by atoms with Crippen LogP contribution in [0.4, 0.5) is 0 Å². The van der Waals surface area contributed by atoms with Crippen molar-refractivity contribution in [2.75, 3.05) is 19.6 Å². The number of carbonyl (C=O) groups is 2. The van der Waals surface area contributed by atoms with Crippen molar-refractivity contribution in [3.8, 4) is 0 Å². The molecule has 5 heteroatoms. The number of hydrogen-bond donors (Lipinski definition) is 1. The van der Waals surface area contributed by atoms with Crippen LogP contribution in [0.25, 0.3) is 10.9 Å². The number of imide groups is 1. The second kappa shape index (κ2) is 7.16. The number of aryl methyl sites for hydroxylation is 1. The Morgan fingerprint density at radius 1 is 1.00 bits per heavy atom. The SMILES string of the molecule is Cc1ccc2c(c1)C(=O)N(C1CCN(CCc3c[nH]c4ccccc34)CC1)C2=O. The maximum atomic E-state index is 12.8. The van der Waals surface area contributed by atoms with Gasteiger partial charge in [0.1, 0.15) is 0 Å². The maximum absolute atomic E-state index is 12.8. The molecule has 2 amide bonds. The number of aromatic nitrogens is 1. The number of H-pyrrole nitrogens is 1. The summed E-state index contributed by atoms with van der Waals surface area (Å²) < 4.78 is 0. The molecule has 1 fully saturated rings. The van der Waals surface area contributed by atoms with E-state index in [0.29, 0.717) is 11.1 Å². The van der Waals surface area contributed by atoms with Crippen LogP contribution < -0.4 is 0 Å². The van der Waals surface area contributed by atoms with Gasteiger partial charge >= 0.3 is 0 Å². The number of likely N-dealkylation sites (tertiary alicyclic amines) is 1. The number of benzene rings is 2. The van der Waals surface area contributed by atoms with Gasteiger partial charge in [0.05, 0.1) is 11.1 Å². The minimum absolute atomic E-state index is 0.00652. The highest BCUT2D eigenvalue weighted by Gasteiger charge is 2.40. The standard InChI is InChI=1S/C24H25N3O2/c1-16-6-7-20-21(14-16)24(29)27(23(20)28)18-9-12-26(13-10-18)11-8-17-15-25-22-5-3-2-4-19(17)22/h2-7,14-15,18,25H,8-13H2,1H3. The van der Waals surface area contributed by atoms with Crippen molar-refractivity contribution < 1.29 is 9.59 Å². The average Bonchev–Trinajstić information content (AvgIpc) is 3.26. The van der Waals surface area contributed by atoms with Gasteiger partial charge in [0.2, 0.25) is 0 Å². The van der Waals surface area contributed by atoms with Crippen molar-refractivity contribution in [2.45, 2.75) is 32.2 Å². The third-order valence-electron chi connectivity index (χ3n) is 6.37. The second-order valence-electron chi connectivity index (χ2n) is 8.21. The van der Waals surface area contributed by atoms with Crippen molar-refractivity contribution in [1.82, 2.24) is 14.8 Å². The first-order chi connectivity index (χ1) is 14.1. The highest BCUT2D eigenvalue weighted by atomic mass is 16.2. The number of rotatable bonds is 4. The molecule has 0 aliphatic carbocycles. The summed E-state index contributed by atoms with van der Waals surface area (Å²) >= 11 is 0. The Bertz CT molecular complexity index is 1090. The van der Waals surface area contributed by atoms with Crippen molar-refractivity contribution in [3.05, 3.63) is 70.9 Å². The Morgan fingerprint density at radius 2 is 1.76 bits per heavy atom. The van der Waals surface area contributed by atoms with Gasteiger partial charge in [0.15, 0.2) is 0 Å². The molecule has 1 N–H and O–H groups in total. The van der Waals surface area contributed by atoms with E-state index in [2.05, 4.69) is 34.3 Å². The summed E-state index contributed by atoms with van der Waals surface area (Å²) in [5.41, 5.74) is 4.67. The third kappa shape index (κ3) is 3.15. The first-order valence-corrected chi connectivity index (χ1v) is 10.4. The molecule has 2 aliphatic rings. The van der Waals surface area contributed by atoms with Crippen molar-refractivity contribution in [1.29, 1.82) is 0 Å². The highest BCUT2D eigenvalue weighted by molar-refractivity contribution is 6.21. The first kappa shape index (κ1) is 18.1. The monoisotopic (exact) mass is 387 g/mol. The molecule has 0 radical (unpaired) electrons. The molecule has 2 aliphatic heterocycles. The van der Waals surface area contributed by atoms with Crippen molar-refractivity contribution in [3.63, 3.8) is 0 Å². The Kier molecular flexibility index (Phi) is 4.47. The molecule has 3 heterocycles. The van der Waals surface area contributed by atoms with Gasteiger partial charge in [-0.1, -0.05) is 29.8 Å². The smallest absolute Gasteiger partial charge is 0.261 e. The van der Waals surface area contributed by atoms with E-state index in [1.54, 1.807) is 6.07 Å². The molecule has 148 valence electrons. The van der Waals surface area contributed by atoms with E-state index in [9.17, 15) is 9.59 Å². The maximum Gasteiger partial charge on any atom is 0.261 e. The van der Waals surface area contributed by atoms with Gasteiger partial charge in [-0.2, -0.15) is 0 Å². The molecular formula is C24H25N3O2. The molecule has 2 aromatic carbocycles. The zero-order valence-electron chi connectivity index (χ0n) is 16.6. The number of carbonyl (C=O) groups excluding carboxylic acids is 2. The summed E-state index contributed by atoms with van der Waals surface area (Å²) in [6.45, 7) is 4.78. The fourth-order valence-electron chi connectivity index (χ4n) is 4.72. The Hall–Kier alpha value is -2.92. The average molecular weight is 387 g/mol. The highest BCUT2D eigenvalue weighted by Crippen LogP contribution is 2.29. The summed E-state index contributed by atoms with van der Waals surface area (Å²) in [6.07, 6.45) is 4.80. The third-order valence-corrected chi connectivity index (χ3v) is 6.37. The summed E-state index contributed by atoms with van der Waals surface area (Å²) in [6, 6.07) is 13.9. The van der Waals surface area contributed by atoms with E-state index >= 15 is 0 Å². The second-order valence-corrected chi connectivity index (χ2v) is 8.21. The van der Waals surface area contributed by atoms with Gasteiger partial charge in [-0.05, 0) is 49.9 Å². The van der Waals surface area contributed by atoms with Gasteiger partial charge < -0.3 is 9.88 Å². The molecule has 0 bridgehead atoms. The number of aromatic amines is 1. The Morgan fingerprint density at radius 3 is 2.59 bits per heavy atom. The lowest BCUT2D eigenvalue weighted by atomic mass is 10.0. The number of para-hydroxylation sites is 1. The van der Waals surface area contributed by atoms with E-state index in [1.165, 1.54) is 21.4 Å². The molecule has 0 atom stereocenters. The quantitative estimate of drug-likeness (QED) is 0.693. The van der Waals surface area contributed by atoms with Gasteiger partial charge in [-0.3, -0.25) is 14.5 Å². The molecule has 5 nitrogen and oxygen atoms in total. The molecular weight excluding hydrogens is 362 g/mol. The molecule has 3 aromatic rings. The zero-order chi connectivity index (χ0) is 20.0. The van der Waals surface area contributed by atoms with Gasteiger partial charge in [0.25, 0.3) is 11.8 Å². The minimum Gasteiger partial charge on any atom is -0.361 e. The molecule has 5 rings (SSSR count). The summed E-state index contributed by atoms with van der Waals surface area (Å²) in [5, 5.41) is 1.30. The van der Waals surface area contributed by atoms with Crippen LogP contribution in [0.5, 0.6) is 0 Å². The first-order valence-electron chi connectivity index (χ1n) is 10.4. The predicted octanol–water partition coefficient (Wildman–Crippen LogP) is 3.78. The van der Waals surface area contributed by atoms with Crippen LogP contribution in [0.1, 0.15) is 44.7 Å². The van der Waals surface area contributed by atoms with E-state index in [-0.39, 0.29) is 17.9 Å². The summed E-state index contributed by atoms with van der Waals surface area (Å²) in [4.78, 5) is 32.9. The lowest BCUT2D eigenvalue weighted by Crippen LogP contribution is -2.47. The van der Waals surface area contributed by atoms with Gasteiger partial charge in [0, 0.05) is 42.8 Å². The van der Waals surface area contributed by atoms with Gasteiger partial charge in [-0.25, -0.2) is 0 Å². The zero-order valence-corrected chi connectivity index (χ0v) is 16.6. The van der Waals surface area contributed by atoms with Crippen LogP contribution in [-0.4, -0.2) is 52.3 Å². The number of nitrogens with one attached hydrogen (secondary N) is 1. The largest absolute Gasteiger partial charge is 0.361 e. The number of fused-ring (bicyclic) bond motifs is 2. The topological polar surface area (TPSA) is 56.4 Å². The van der Waals surface area contributed by atoms with E-state index < -0.39 is 0 Å². The van der Waals surface area contributed by atoms with Crippen LogP contribution in [0.15, 0.2) is 48.7 Å². The Balaban J connectivity index is 1.21. The molecule has 1 aromatic heterocycles. The lowest BCUT2D eigenvalue weighted by molar-refractivity contribution is 0.0503. The van der Waals surface area contributed by atoms with E-state index in [4.69, 9.17) is 0 Å². The van der Waals surface area contributed by atoms with Crippen LogP contribution in [-0.2, 0) is 6.42 Å². The fourth-order valence-corrected chi connectivity index (χ4v) is 4.72. The molecule has 1 saturated heterocycles. The molecule has 29 heavy (non-hydrogen) atoms. The number of piperidine rings is 1. The number of nitrogens with zero attached hydrogens (tertiary/aromatic N) is 2. The molecule has 0 unspecified atom stereocenters. The fraction of sp³-hybridized carbons (Fsp3) is 0.333. The van der Waals surface area contributed by atoms with Crippen molar-refractivity contribution >= 4 is 22.7 Å². The number of amides is 2. The van der Waals surface area contributed by atoms with Crippen LogP contribution >= 0.6 is 0 Å². The summed E-state index contributed by atoms with van der Waals surface area (Å²) in [5.74, 6) is -0.242. The van der Waals surface area contributed by atoms with Crippen LogP contribution in [0.2, 0.25) is 0 Å². The molecule has 0 spiro atoms. The van der Waals surface area contributed by atoms with Crippen molar-refractivity contribution in [2.24, 2.45) is 0 Å². The normalized spacial score (nSPS) is 18.0. The predicted molar refractivity (Wildman–Crippen MR) is 113 cm³/mol. The van der Waals surface area contributed by atoms with Crippen LogP contribution in [0.3, 0.4) is 0 Å². The summed E-state index contributed by atoms with van der Waals surface area (Å²) in [7, 11) is 0. The Labute approximate surface area is 170 Å². The number of hydrogen-bond acceptors (Lipinski definition) is 3. The lowest BCUT2D eigenvalue weighted by Gasteiger charge is -2.35. The van der Waals surface area contributed by atoms with E-state index in [0.717, 1.165) is 44.5 Å².